The van der Waals surface area contributed by atoms with Gasteiger partial charge in [-0.25, -0.2) is 0 Å². The van der Waals surface area contributed by atoms with E-state index >= 15 is 0 Å². The lowest BCUT2D eigenvalue weighted by Gasteiger charge is -2.21. The number of furan rings is 1. The summed E-state index contributed by atoms with van der Waals surface area (Å²) < 4.78 is 7.62. The molecule has 130 valence electrons. The molecule has 0 aliphatic heterocycles. The second-order valence-corrected chi connectivity index (χ2v) is 7.73. The van der Waals surface area contributed by atoms with Crippen LogP contribution in [0.3, 0.4) is 0 Å². The zero-order chi connectivity index (χ0) is 18.3. The largest absolute Gasteiger partial charge is 0.450 e. The predicted octanol–water partition coefficient (Wildman–Crippen LogP) is 6.78. The molecule has 0 saturated carbocycles. The number of benzene rings is 3. The second kappa shape index (κ2) is 6.89. The van der Waals surface area contributed by atoms with Crippen molar-refractivity contribution in [1.82, 2.24) is 0 Å². The predicted molar refractivity (Wildman–Crippen MR) is 113 cm³/mol. The lowest BCUT2D eigenvalue weighted by Crippen LogP contribution is -2.30. The fourth-order valence-corrected chi connectivity index (χ4v) is 4.52. The highest BCUT2D eigenvalue weighted by Gasteiger charge is 2.22. The maximum Gasteiger partial charge on any atom is 0.294 e. The molecule has 0 aliphatic carbocycles. The normalized spacial score (nSPS) is 11.2. The van der Waals surface area contributed by atoms with Gasteiger partial charge in [0, 0.05) is 21.8 Å². The fraction of sp³-hybridized carbons (Fsp3) is 0.0952. The molecule has 26 heavy (non-hydrogen) atoms. The molecule has 5 heteroatoms. The maximum atomic E-state index is 13.2. The Hall–Kier alpha value is -2.11. The van der Waals surface area contributed by atoms with Gasteiger partial charge in [-0.05, 0) is 52.5 Å². The SMILES string of the molecule is CCN(C(=O)c1cc2cc(Br)cc(Br)c2o1)c1cccc2ccccc12. The minimum atomic E-state index is -0.150. The average Bonchev–Trinajstić information content (AvgIpc) is 3.07. The molecule has 0 spiro atoms. The van der Waals surface area contributed by atoms with E-state index in [1.165, 1.54) is 0 Å². The number of amides is 1. The molecule has 1 heterocycles. The fourth-order valence-electron chi connectivity index (χ4n) is 3.18. The molecule has 0 fully saturated rings. The monoisotopic (exact) mass is 471 g/mol. The minimum absolute atomic E-state index is 0.150. The van der Waals surface area contributed by atoms with E-state index in [1.54, 1.807) is 11.0 Å². The van der Waals surface area contributed by atoms with E-state index in [0.29, 0.717) is 17.9 Å². The van der Waals surface area contributed by atoms with Gasteiger partial charge in [-0.3, -0.25) is 4.79 Å². The van der Waals surface area contributed by atoms with E-state index in [4.69, 9.17) is 4.42 Å². The van der Waals surface area contributed by atoms with Gasteiger partial charge in [-0.2, -0.15) is 0 Å². The molecule has 0 aliphatic rings. The third-order valence-electron chi connectivity index (χ3n) is 4.37. The van der Waals surface area contributed by atoms with Crippen LogP contribution in [0.4, 0.5) is 5.69 Å². The van der Waals surface area contributed by atoms with Crippen LogP contribution in [0.25, 0.3) is 21.7 Å². The van der Waals surface area contributed by atoms with Gasteiger partial charge in [0.25, 0.3) is 5.91 Å². The van der Waals surface area contributed by atoms with Crippen molar-refractivity contribution in [1.29, 1.82) is 0 Å². The van der Waals surface area contributed by atoms with Gasteiger partial charge in [0.2, 0.25) is 0 Å². The first-order valence-corrected chi connectivity index (χ1v) is 9.85. The first-order valence-electron chi connectivity index (χ1n) is 8.26. The lowest BCUT2D eigenvalue weighted by atomic mass is 10.1. The maximum absolute atomic E-state index is 13.2. The van der Waals surface area contributed by atoms with Crippen molar-refractivity contribution in [2.24, 2.45) is 0 Å². The van der Waals surface area contributed by atoms with E-state index in [1.807, 2.05) is 61.5 Å². The summed E-state index contributed by atoms with van der Waals surface area (Å²) in [5.41, 5.74) is 1.56. The Morgan fingerprint density at radius 1 is 1.00 bits per heavy atom. The minimum Gasteiger partial charge on any atom is -0.450 e. The van der Waals surface area contributed by atoms with Crippen LogP contribution in [0.5, 0.6) is 0 Å². The molecule has 0 unspecified atom stereocenters. The molecule has 0 atom stereocenters. The molecular formula is C21H15Br2NO2. The molecular weight excluding hydrogens is 458 g/mol. The molecule has 0 radical (unpaired) electrons. The number of carbonyl (C=O) groups excluding carboxylic acids is 1. The van der Waals surface area contributed by atoms with E-state index in [2.05, 4.69) is 31.9 Å². The van der Waals surface area contributed by atoms with Gasteiger partial charge in [0.1, 0.15) is 5.58 Å². The highest BCUT2D eigenvalue weighted by molar-refractivity contribution is 9.11. The zero-order valence-electron chi connectivity index (χ0n) is 14.0. The van der Waals surface area contributed by atoms with Crippen LogP contribution in [0.2, 0.25) is 0 Å². The second-order valence-electron chi connectivity index (χ2n) is 5.96. The molecule has 1 aromatic heterocycles. The van der Waals surface area contributed by atoms with Gasteiger partial charge in [-0.1, -0.05) is 52.3 Å². The average molecular weight is 473 g/mol. The van der Waals surface area contributed by atoms with Crippen LogP contribution in [0, 0.1) is 0 Å². The highest BCUT2D eigenvalue weighted by atomic mass is 79.9. The summed E-state index contributed by atoms with van der Waals surface area (Å²) in [4.78, 5) is 14.9. The van der Waals surface area contributed by atoms with E-state index in [0.717, 1.165) is 30.8 Å². The Bertz CT molecular complexity index is 1130. The third kappa shape index (κ3) is 2.95. The first-order chi connectivity index (χ1) is 12.6. The van der Waals surface area contributed by atoms with Crippen molar-refractivity contribution in [3.05, 3.63) is 75.4 Å². The summed E-state index contributed by atoms with van der Waals surface area (Å²) in [6.07, 6.45) is 0. The number of nitrogens with zero attached hydrogens (tertiary/aromatic N) is 1. The van der Waals surface area contributed by atoms with Crippen LogP contribution in [-0.4, -0.2) is 12.5 Å². The van der Waals surface area contributed by atoms with Crippen molar-refractivity contribution in [2.75, 3.05) is 11.4 Å². The van der Waals surface area contributed by atoms with Crippen LogP contribution in [0.1, 0.15) is 17.5 Å². The summed E-state index contributed by atoms with van der Waals surface area (Å²) in [6, 6.07) is 19.7. The van der Waals surface area contributed by atoms with Crippen molar-refractivity contribution < 1.29 is 9.21 Å². The first kappa shape index (κ1) is 17.3. The van der Waals surface area contributed by atoms with Gasteiger partial charge in [0.15, 0.2) is 5.76 Å². The topological polar surface area (TPSA) is 33.5 Å². The van der Waals surface area contributed by atoms with Gasteiger partial charge in [-0.15, -0.1) is 0 Å². The Balaban J connectivity index is 1.82. The quantitative estimate of drug-likeness (QED) is 0.329. The van der Waals surface area contributed by atoms with E-state index in [9.17, 15) is 4.79 Å². The molecule has 0 saturated heterocycles. The lowest BCUT2D eigenvalue weighted by molar-refractivity contribution is 0.0964. The number of carbonyl (C=O) groups is 1. The molecule has 4 aromatic rings. The molecule has 0 N–H and O–H groups in total. The summed E-state index contributed by atoms with van der Waals surface area (Å²) in [5, 5.41) is 3.03. The van der Waals surface area contributed by atoms with Crippen molar-refractivity contribution in [3.63, 3.8) is 0 Å². The van der Waals surface area contributed by atoms with Crippen molar-refractivity contribution in [3.8, 4) is 0 Å². The Labute approximate surface area is 167 Å². The molecule has 1 amide bonds. The summed E-state index contributed by atoms with van der Waals surface area (Å²) in [7, 11) is 0. The number of halogens is 2. The van der Waals surface area contributed by atoms with E-state index in [-0.39, 0.29) is 5.91 Å². The van der Waals surface area contributed by atoms with Crippen molar-refractivity contribution >= 4 is 65.2 Å². The van der Waals surface area contributed by atoms with Crippen LogP contribution in [0.15, 0.2) is 74.0 Å². The van der Waals surface area contributed by atoms with Crippen LogP contribution >= 0.6 is 31.9 Å². The zero-order valence-corrected chi connectivity index (χ0v) is 17.2. The smallest absolute Gasteiger partial charge is 0.294 e. The summed E-state index contributed by atoms with van der Waals surface area (Å²) in [5.74, 6) is 0.177. The highest BCUT2D eigenvalue weighted by Crippen LogP contribution is 2.33. The number of anilines is 1. The molecule has 3 aromatic carbocycles. The van der Waals surface area contributed by atoms with Gasteiger partial charge >= 0.3 is 0 Å². The standard InChI is InChI=1S/C21H15Br2NO2/c1-2-24(18-9-5-7-13-6-3-4-8-16(13)18)21(25)19-11-14-10-15(22)12-17(23)20(14)26-19/h3-12H,2H2,1H3. The molecule has 0 bridgehead atoms. The Morgan fingerprint density at radius 3 is 2.58 bits per heavy atom. The van der Waals surface area contributed by atoms with Crippen LogP contribution in [-0.2, 0) is 0 Å². The third-order valence-corrected chi connectivity index (χ3v) is 5.41. The van der Waals surface area contributed by atoms with Crippen LogP contribution < -0.4 is 4.90 Å². The van der Waals surface area contributed by atoms with E-state index < -0.39 is 0 Å². The van der Waals surface area contributed by atoms with Gasteiger partial charge < -0.3 is 9.32 Å². The summed E-state index contributed by atoms with van der Waals surface area (Å²) >= 11 is 6.96. The van der Waals surface area contributed by atoms with Crippen molar-refractivity contribution in [2.45, 2.75) is 6.92 Å². The number of fused-ring (bicyclic) bond motifs is 2. The Kier molecular flexibility index (Phi) is 4.59. The Morgan fingerprint density at radius 2 is 1.77 bits per heavy atom. The summed E-state index contributed by atoms with van der Waals surface area (Å²) in [6.45, 7) is 2.52. The number of hydrogen-bond donors (Lipinski definition) is 0. The number of hydrogen-bond acceptors (Lipinski definition) is 2. The number of rotatable bonds is 3. The molecule has 3 nitrogen and oxygen atoms in total. The molecule has 4 rings (SSSR count). The van der Waals surface area contributed by atoms with Gasteiger partial charge in [0.05, 0.1) is 10.2 Å².